The van der Waals surface area contributed by atoms with Gasteiger partial charge in [0.2, 0.25) is 0 Å². The average Bonchev–Trinajstić information content (AvgIpc) is 3.06. The Kier molecular flexibility index (Phi) is 8.13. The molecule has 0 spiro atoms. The lowest BCUT2D eigenvalue weighted by Gasteiger charge is -2.35. The summed E-state index contributed by atoms with van der Waals surface area (Å²) in [6, 6.07) is 21.5. The molecule has 1 saturated heterocycles. The topological polar surface area (TPSA) is 81.7 Å². The Morgan fingerprint density at radius 3 is 2.58 bits per heavy atom. The van der Waals surface area contributed by atoms with Crippen LogP contribution in [0.1, 0.15) is 55.5 Å². The van der Waals surface area contributed by atoms with Gasteiger partial charge >= 0.3 is 0 Å². The molecule has 192 valence electrons. The van der Waals surface area contributed by atoms with Crippen LogP contribution >= 0.6 is 0 Å². The van der Waals surface area contributed by atoms with E-state index in [1.807, 2.05) is 44.2 Å². The largest absolute Gasteiger partial charge is 0.491 e. The van der Waals surface area contributed by atoms with Crippen LogP contribution in [-0.2, 0) is 19.7 Å². The third-order valence-corrected chi connectivity index (χ3v) is 7.46. The van der Waals surface area contributed by atoms with Crippen molar-refractivity contribution in [2.24, 2.45) is 0 Å². The Balaban J connectivity index is 1.68. The van der Waals surface area contributed by atoms with Crippen molar-refractivity contribution in [2.45, 2.75) is 57.1 Å². The van der Waals surface area contributed by atoms with Gasteiger partial charge in [-0.05, 0) is 80.0 Å². The fraction of sp³-hybridized carbons (Fsp3) is 0.414. The Labute approximate surface area is 214 Å². The number of Topliss-reactive ketones (excluding diaryl/α,β-unsaturated/α-hetero) is 1. The molecule has 0 bridgehead atoms. The molecule has 0 saturated carbocycles. The summed E-state index contributed by atoms with van der Waals surface area (Å²) in [5.74, 6) is 0.687. The maximum Gasteiger partial charge on any atom is 0.264 e. The summed E-state index contributed by atoms with van der Waals surface area (Å²) < 4.78 is 34.4. The molecule has 0 amide bonds. The van der Waals surface area contributed by atoms with Crippen LogP contribution in [0.15, 0.2) is 66.7 Å². The van der Waals surface area contributed by atoms with Crippen molar-refractivity contribution >= 4 is 26.7 Å². The van der Waals surface area contributed by atoms with Gasteiger partial charge in [-0.2, -0.15) is 8.42 Å². The summed E-state index contributed by atoms with van der Waals surface area (Å²) in [6.45, 7) is 4.70. The van der Waals surface area contributed by atoms with Crippen LogP contribution in [0, 0.1) is 0 Å². The monoisotopic (exact) mass is 509 g/mol. The summed E-state index contributed by atoms with van der Waals surface area (Å²) in [5.41, 5.74) is 1.30. The van der Waals surface area contributed by atoms with Crippen molar-refractivity contribution in [3.63, 3.8) is 0 Å². The number of carbonyl (C=O) groups excluding carboxylic acids is 1. The Hall–Kier alpha value is -2.74. The molecule has 7 heteroatoms. The lowest BCUT2D eigenvalue weighted by Crippen LogP contribution is -2.41. The molecule has 4 rings (SSSR count). The van der Waals surface area contributed by atoms with E-state index in [1.165, 1.54) is 0 Å². The van der Waals surface area contributed by atoms with E-state index < -0.39 is 21.6 Å². The molecule has 6 nitrogen and oxygen atoms in total. The first-order valence-electron chi connectivity index (χ1n) is 12.5. The molecule has 1 N–H and O–H groups in total. The van der Waals surface area contributed by atoms with Crippen molar-refractivity contribution in [3.05, 3.63) is 77.9 Å². The lowest BCUT2D eigenvalue weighted by molar-refractivity contribution is 0.0922. The van der Waals surface area contributed by atoms with Gasteiger partial charge in [-0.15, -0.1) is 0 Å². The maximum absolute atomic E-state index is 13.7. The van der Waals surface area contributed by atoms with E-state index in [1.54, 1.807) is 6.07 Å². The molecule has 0 radical (unpaired) electrons. The molecule has 1 heterocycles. The Morgan fingerprint density at radius 2 is 1.83 bits per heavy atom. The quantitative estimate of drug-likeness (QED) is 0.313. The zero-order valence-corrected chi connectivity index (χ0v) is 22.0. The van der Waals surface area contributed by atoms with Crippen LogP contribution in [-0.4, -0.2) is 45.8 Å². The van der Waals surface area contributed by atoms with Crippen LogP contribution < -0.4 is 10.1 Å². The van der Waals surface area contributed by atoms with Gasteiger partial charge < -0.3 is 10.1 Å². The standard InChI is InChI=1S/C29H35NO5S/c1-21(2)35-26-11-6-10-24(19-26)28(31)27-20-29(14-7-16-30-27,15-17-34-36(3,32)33)25-13-12-22-8-4-5-9-23(22)18-25/h4-6,8-13,18-19,21,27,30H,7,14-17,20H2,1-3H3. The molecule has 0 aromatic heterocycles. The van der Waals surface area contributed by atoms with Crippen LogP contribution in [0.3, 0.4) is 0 Å². The number of nitrogens with one attached hydrogen (secondary N) is 1. The van der Waals surface area contributed by atoms with Gasteiger partial charge in [-0.25, -0.2) is 0 Å². The van der Waals surface area contributed by atoms with Gasteiger partial charge in [0, 0.05) is 5.56 Å². The van der Waals surface area contributed by atoms with E-state index in [9.17, 15) is 13.2 Å². The van der Waals surface area contributed by atoms with E-state index >= 15 is 0 Å². The second-order valence-corrected chi connectivity index (χ2v) is 11.6. The van der Waals surface area contributed by atoms with Crippen molar-refractivity contribution in [1.29, 1.82) is 0 Å². The fourth-order valence-electron chi connectivity index (χ4n) is 5.19. The van der Waals surface area contributed by atoms with Crippen LogP contribution in [0.5, 0.6) is 5.75 Å². The van der Waals surface area contributed by atoms with Gasteiger partial charge in [-0.3, -0.25) is 8.98 Å². The number of carbonyl (C=O) groups is 1. The highest BCUT2D eigenvalue weighted by Gasteiger charge is 2.39. The number of fused-ring (bicyclic) bond motifs is 1. The predicted octanol–water partition coefficient (Wildman–Crippen LogP) is 5.26. The van der Waals surface area contributed by atoms with Gasteiger partial charge in [0.25, 0.3) is 10.1 Å². The van der Waals surface area contributed by atoms with Crippen LogP contribution in [0.4, 0.5) is 0 Å². The number of hydrogen-bond donors (Lipinski definition) is 1. The summed E-state index contributed by atoms with van der Waals surface area (Å²) in [4.78, 5) is 13.7. The third-order valence-electron chi connectivity index (χ3n) is 6.86. The van der Waals surface area contributed by atoms with Crippen LogP contribution in [0.2, 0.25) is 0 Å². The Morgan fingerprint density at radius 1 is 1.06 bits per heavy atom. The van der Waals surface area contributed by atoms with E-state index in [2.05, 4.69) is 35.6 Å². The van der Waals surface area contributed by atoms with E-state index in [0.717, 1.165) is 35.4 Å². The molecule has 3 aromatic carbocycles. The van der Waals surface area contributed by atoms with Crippen LogP contribution in [0.25, 0.3) is 10.8 Å². The number of hydrogen-bond acceptors (Lipinski definition) is 6. The van der Waals surface area contributed by atoms with Crippen molar-refractivity contribution in [3.8, 4) is 5.75 Å². The molecule has 1 aliphatic heterocycles. The molecular weight excluding hydrogens is 474 g/mol. The SMILES string of the molecule is CC(C)Oc1cccc(C(=O)C2CC(CCOS(C)(=O)=O)(c3ccc4ccccc4c3)CCCN2)c1. The smallest absolute Gasteiger partial charge is 0.264 e. The highest BCUT2D eigenvalue weighted by atomic mass is 32.2. The number of ether oxygens (including phenoxy) is 1. The molecule has 3 aromatic rings. The normalized spacial score (nSPS) is 20.8. The first-order chi connectivity index (χ1) is 17.2. The second-order valence-electron chi connectivity index (χ2n) is 9.99. The summed E-state index contributed by atoms with van der Waals surface area (Å²) in [6.07, 6.45) is 3.83. The Bertz CT molecular complexity index is 1320. The minimum Gasteiger partial charge on any atom is -0.491 e. The van der Waals surface area contributed by atoms with E-state index in [0.29, 0.717) is 30.7 Å². The molecule has 1 fully saturated rings. The average molecular weight is 510 g/mol. The van der Waals surface area contributed by atoms with Gasteiger partial charge in [-0.1, -0.05) is 54.6 Å². The van der Waals surface area contributed by atoms with Crippen molar-refractivity contribution < 1.29 is 22.1 Å². The zero-order chi connectivity index (χ0) is 25.8. The first-order valence-corrected chi connectivity index (χ1v) is 14.3. The highest BCUT2D eigenvalue weighted by molar-refractivity contribution is 7.85. The van der Waals surface area contributed by atoms with Crippen molar-refractivity contribution in [2.75, 3.05) is 19.4 Å². The fourth-order valence-corrected chi connectivity index (χ4v) is 5.58. The predicted molar refractivity (Wildman–Crippen MR) is 143 cm³/mol. The minimum atomic E-state index is -3.56. The number of benzene rings is 3. The second kappa shape index (κ2) is 11.1. The minimum absolute atomic E-state index is 0.0142. The molecule has 2 atom stereocenters. The highest BCUT2D eigenvalue weighted by Crippen LogP contribution is 2.41. The van der Waals surface area contributed by atoms with E-state index in [4.69, 9.17) is 8.92 Å². The molecule has 36 heavy (non-hydrogen) atoms. The molecular formula is C29H35NO5S. The van der Waals surface area contributed by atoms with Gasteiger partial charge in [0.05, 0.1) is 25.0 Å². The third kappa shape index (κ3) is 6.52. The van der Waals surface area contributed by atoms with Gasteiger partial charge in [0.15, 0.2) is 5.78 Å². The first kappa shape index (κ1) is 26.3. The molecule has 0 aliphatic carbocycles. The van der Waals surface area contributed by atoms with Crippen molar-refractivity contribution in [1.82, 2.24) is 5.32 Å². The summed E-state index contributed by atoms with van der Waals surface area (Å²) >= 11 is 0. The number of rotatable bonds is 9. The zero-order valence-electron chi connectivity index (χ0n) is 21.2. The van der Waals surface area contributed by atoms with Gasteiger partial charge in [0.1, 0.15) is 5.75 Å². The maximum atomic E-state index is 13.7. The molecule has 2 unspecified atom stereocenters. The summed E-state index contributed by atoms with van der Waals surface area (Å²) in [7, 11) is -3.56. The lowest BCUT2D eigenvalue weighted by atomic mass is 9.69. The molecule has 1 aliphatic rings. The van der Waals surface area contributed by atoms with E-state index in [-0.39, 0.29) is 18.5 Å². The number of ketones is 1. The summed E-state index contributed by atoms with van der Waals surface area (Å²) in [5, 5.41) is 5.72.